The number of amides is 1. The number of para-hydroxylation sites is 1. The second-order valence-electron chi connectivity index (χ2n) is 7.15. The minimum atomic E-state index is 0.142. The SMILES string of the molecule is COc1ccc(CCNC(=O)C[NH+]2CCN(c3ccccc3C)CC2)cc1. The Morgan fingerprint density at radius 2 is 1.81 bits per heavy atom. The fraction of sp³-hybridized carbons (Fsp3) is 0.409. The van der Waals surface area contributed by atoms with Gasteiger partial charge in [0.25, 0.3) is 5.91 Å². The maximum atomic E-state index is 12.2. The molecule has 27 heavy (non-hydrogen) atoms. The van der Waals surface area contributed by atoms with Gasteiger partial charge in [-0.3, -0.25) is 4.79 Å². The van der Waals surface area contributed by atoms with E-state index in [9.17, 15) is 4.79 Å². The van der Waals surface area contributed by atoms with Crippen molar-refractivity contribution >= 4 is 11.6 Å². The molecule has 1 fully saturated rings. The summed E-state index contributed by atoms with van der Waals surface area (Å²) in [6.45, 7) is 7.39. The molecule has 2 N–H and O–H groups in total. The zero-order valence-electron chi connectivity index (χ0n) is 16.3. The molecule has 0 spiro atoms. The molecule has 3 rings (SSSR count). The fourth-order valence-corrected chi connectivity index (χ4v) is 3.59. The molecule has 1 aliphatic rings. The van der Waals surface area contributed by atoms with Gasteiger partial charge < -0.3 is 19.9 Å². The molecule has 1 aliphatic heterocycles. The smallest absolute Gasteiger partial charge is 0.275 e. The van der Waals surface area contributed by atoms with Crippen LogP contribution < -0.4 is 19.9 Å². The Labute approximate surface area is 161 Å². The molecule has 0 bridgehead atoms. The number of ether oxygens (including phenoxy) is 1. The van der Waals surface area contributed by atoms with E-state index in [0.717, 1.165) is 38.3 Å². The lowest BCUT2D eigenvalue weighted by molar-refractivity contribution is -0.892. The lowest BCUT2D eigenvalue weighted by Crippen LogP contribution is -3.16. The Bertz CT molecular complexity index is 737. The van der Waals surface area contributed by atoms with Crippen LogP contribution in [0.1, 0.15) is 11.1 Å². The van der Waals surface area contributed by atoms with Gasteiger partial charge in [-0.05, 0) is 42.7 Å². The number of aryl methyl sites for hydroxylation is 1. The highest BCUT2D eigenvalue weighted by molar-refractivity contribution is 5.76. The standard InChI is InChI=1S/C22H29N3O2/c1-18-5-3-4-6-21(18)25-15-13-24(14-16-25)17-22(26)23-12-11-19-7-9-20(27-2)10-8-19/h3-10H,11-17H2,1-2H3,(H,23,26)/p+1. The highest BCUT2D eigenvalue weighted by Gasteiger charge is 2.22. The van der Waals surface area contributed by atoms with Gasteiger partial charge in [-0.25, -0.2) is 0 Å². The Balaban J connectivity index is 1.37. The Kier molecular flexibility index (Phi) is 6.71. The molecule has 144 valence electrons. The maximum absolute atomic E-state index is 12.2. The minimum Gasteiger partial charge on any atom is -0.497 e. The lowest BCUT2D eigenvalue weighted by Gasteiger charge is -2.34. The van der Waals surface area contributed by atoms with Gasteiger partial charge in [-0.2, -0.15) is 0 Å². The summed E-state index contributed by atoms with van der Waals surface area (Å²) in [7, 11) is 1.67. The first-order valence-corrected chi connectivity index (χ1v) is 9.69. The summed E-state index contributed by atoms with van der Waals surface area (Å²) in [6, 6.07) is 16.5. The molecule has 0 saturated carbocycles. The molecule has 1 heterocycles. The van der Waals surface area contributed by atoms with E-state index in [4.69, 9.17) is 4.74 Å². The van der Waals surface area contributed by atoms with Crippen molar-refractivity contribution in [2.24, 2.45) is 0 Å². The lowest BCUT2D eigenvalue weighted by atomic mass is 10.1. The number of nitrogens with one attached hydrogen (secondary N) is 2. The van der Waals surface area contributed by atoms with Crippen molar-refractivity contribution in [3.05, 3.63) is 59.7 Å². The van der Waals surface area contributed by atoms with Crippen LogP contribution in [-0.4, -0.2) is 52.3 Å². The van der Waals surface area contributed by atoms with E-state index in [1.165, 1.54) is 21.7 Å². The molecule has 1 amide bonds. The number of benzene rings is 2. The van der Waals surface area contributed by atoms with Crippen LogP contribution in [0.3, 0.4) is 0 Å². The van der Waals surface area contributed by atoms with Crippen molar-refractivity contribution in [1.29, 1.82) is 0 Å². The summed E-state index contributed by atoms with van der Waals surface area (Å²) >= 11 is 0. The summed E-state index contributed by atoms with van der Waals surface area (Å²) in [5, 5.41) is 3.05. The van der Waals surface area contributed by atoms with Gasteiger partial charge >= 0.3 is 0 Å². The summed E-state index contributed by atoms with van der Waals surface area (Å²) in [5.74, 6) is 0.999. The zero-order valence-corrected chi connectivity index (χ0v) is 16.3. The Morgan fingerprint density at radius 3 is 2.48 bits per heavy atom. The Morgan fingerprint density at radius 1 is 1.11 bits per heavy atom. The van der Waals surface area contributed by atoms with Crippen molar-refractivity contribution in [1.82, 2.24) is 5.32 Å². The molecule has 0 aliphatic carbocycles. The molecule has 5 nitrogen and oxygen atoms in total. The van der Waals surface area contributed by atoms with Crippen molar-refractivity contribution in [3.63, 3.8) is 0 Å². The van der Waals surface area contributed by atoms with E-state index in [0.29, 0.717) is 13.1 Å². The quantitative estimate of drug-likeness (QED) is 0.769. The first-order chi connectivity index (χ1) is 13.2. The number of hydrogen-bond acceptors (Lipinski definition) is 3. The zero-order chi connectivity index (χ0) is 19.1. The topological polar surface area (TPSA) is 46.0 Å². The second-order valence-corrected chi connectivity index (χ2v) is 7.15. The number of carbonyl (C=O) groups excluding carboxylic acids is 1. The van der Waals surface area contributed by atoms with Crippen molar-refractivity contribution in [3.8, 4) is 5.75 Å². The number of carbonyl (C=O) groups is 1. The number of methoxy groups -OCH3 is 1. The van der Waals surface area contributed by atoms with Gasteiger partial charge in [0, 0.05) is 12.2 Å². The van der Waals surface area contributed by atoms with Crippen LogP contribution in [0.2, 0.25) is 0 Å². The monoisotopic (exact) mass is 368 g/mol. The first kappa shape index (κ1) is 19.2. The molecule has 2 aromatic carbocycles. The van der Waals surface area contributed by atoms with E-state index in [1.54, 1.807) is 7.11 Å². The third-order valence-electron chi connectivity index (χ3n) is 5.23. The predicted octanol–water partition coefficient (Wildman–Crippen LogP) is 1.07. The molecular formula is C22H30N3O2+. The van der Waals surface area contributed by atoms with Gasteiger partial charge in [0.1, 0.15) is 5.75 Å². The molecule has 1 saturated heterocycles. The van der Waals surface area contributed by atoms with Gasteiger partial charge in [-0.1, -0.05) is 30.3 Å². The molecule has 0 unspecified atom stereocenters. The van der Waals surface area contributed by atoms with Crippen LogP contribution in [0.15, 0.2) is 48.5 Å². The van der Waals surface area contributed by atoms with Crippen LogP contribution in [0.5, 0.6) is 5.75 Å². The normalized spacial score (nSPS) is 14.8. The van der Waals surface area contributed by atoms with Crippen LogP contribution in [0.25, 0.3) is 0 Å². The van der Waals surface area contributed by atoms with Crippen LogP contribution >= 0.6 is 0 Å². The summed E-state index contributed by atoms with van der Waals surface area (Å²) in [4.78, 5) is 16.0. The predicted molar refractivity (Wildman–Crippen MR) is 109 cm³/mol. The maximum Gasteiger partial charge on any atom is 0.275 e. The molecular weight excluding hydrogens is 338 g/mol. The van der Waals surface area contributed by atoms with Crippen molar-refractivity contribution < 1.29 is 14.4 Å². The highest BCUT2D eigenvalue weighted by Crippen LogP contribution is 2.18. The number of hydrogen-bond donors (Lipinski definition) is 2. The van der Waals surface area contributed by atoms with Gasteiger partial charge in [-0.15, -0.1) is 0 Å². The van der Waals surface area contributed by atoms with Crippen LogP contribution in [0, 0.1) is 6.92 Å². The molecule has 2 aromatic rings. The van der Waals surface area contributed by atoms with E-state index in [2.05, 4.69) is 41.4 Å². The number of quaternary nitrogens is 1. The van der Waals surface area contributed by atoms with Gasteiger partial charge in [0.05, 0.1) is 33.3 Å². The summed E-state index contributed by atoms with van der Waals surface area (Å²) in [6.07, 6.45) is 0.839. The van der Waals surface area contributed by atoms with Crippen molar-refractivity contribution in [2.45, 2.75) is 13.3 Å². The molecule has 5 heteroatoms. The van der Waals surface area contributed by atoms with Crippen molar-refractivity contribution in [2.75, 3.05) is 51.3 Å². The van der Waals surface area contributed by atoms with Gasteiger partial charge in [0.15, 0.2) is 6.54 Å². The highest BCUT2D eigenvalue weighted by atomic mass is 16.5. The largest absolute Gasteiger partial charge is 0.497 e. The Hall–Kier alpha value is -2.53. The number of anilines is 1. The van der Waals surface area contributed by atoms with E-state index in [1.807, 2.05) is 24.3 Å². The number of nitrogens with zero attached hydrogens (tertiary/aromatic N) is 1. The number of rotatable bonds is 7. The van der Waals surface area contributed by atoms with E-state index >= 15 is 0 Å². The average Bonchev–Trinajstić information content (AvgIpc) is 2.70. The fourth-order valence-electron chi connectivity index (χ4n) is 3.59. The second kappa shape index (κ2) is 9.42. The van der Waals surface area contributed by atoms with E-state index in [-0.39, 0.29) is 5.91 Å². The van der Waals surface area contributed by atoms with Crippen LogP contribution in [-0.2, 0) is 11.2 Å². The molecule has 0 atom stereocenters. The third kappa shape index (κ3) is 5.47. The van der Waals surface area contributed by atoms with Crippen LogP contribution in [0.4, 0.5) is 5.69 Å². The average molecular weight is 369 g/mol. The molecule has 0 aromatic heterocycles. The van der Waals surface area contributed by atoms with E-state index < -0.39 is 0 Å². The summed E-state index contributed by atoms with van der Waals surface area (Å²) < 4.78 is 5.16. The van der Waals surface area contributed by atoms with Gasteiger partial charge in [0.2, 0.25) is 0 Å². The first-order valence-electron chi connectivity index (χ1n) is 9.69. The third-order valence-corrected chi connectivity index (χ3v) is 5.23. The minimum absolute atomic E-state index is 0.142. The molecule has 0 radical (unpaired) electrons. The number of piperazine rings is 1. The summed E-state index contributed by atoms with van der Waals surface area (Å²) in [5.41, 5.74) is 3.84.